The lowest BCUT2D eigenvalue weighted by atomic mass is 9.75. The highest BCUT2D eigenvalue weighted by atomic mass is 16.1. The van der Waals surface area contributed by atoms with Crippen LogP contribution in [-0.4, -0.2) is 65.0 Å². The van der Waals surface area contributed by atoms with Crippen LogP contribution < -0.4 is 11.1 Å². The van der Waals surface area contributed by atoms with E-state index in [-0.39, 0.29) is 28.0 Å². The summed E-state index contributed by atoms with van der Waals surface area (Å²) in [4.78, 5) is 51.9. The first kappa shape index (κ1) is 35.9. The van der Waals surface area contributed by atoms with Crippen molar-refractivity contribution in [2.24, 2.45) is 16.6 Å². The van der Waals surface area contributed by atoms with Crippen molar-refractivity contribution in [3.63, 3.8) is 0 Å². The first-order valence-corrected chi connectivity index (χ1v) is 18.2. The van der Waals surface area contributed by atoms with Gasteiger partial charge in [0.05, 0.1) is 62.2 Å². The number of hydrogen-bond donors (Lipinski definition) is 2. The Morgan fingerprint density at radius 3 is 1.66 bits per heavy atom. The van der Waals surface area contributed by atoms with Gasteiger partial charge >= 0.3 is 0 Å². The second kappa shape index (κ2) is 13.8. The van der Waals surface area contributed by atoms with Gasteiger partial charge in [0.2, 0.25) is 0 Å². The van der Waals surface area contributed by atoms with Crippen LogP contribution in [0.25, 0.3) is 11.4 Å². The van der Waals surface area contributed by atoms with Gasteiger partial charge in [0.15, 0.2) is 11.6 Å². The largest absolute Gasteiger partial charge is 0.384 e. The summed E-state index contributed by atoms with van der Waals surface area (Å²) in [6, 6.07) is 15.6. The maximum atomic E-state index is 13.7. The molecule has 0 saturated carbocycles. The Balaban J connectivity index is 1.33. The number of nitrogens with zero attached hydrogens (tertiary/aromatic N) is 7. The van der Waals surface area contributed by atoms with Crippen molar-refractivity contribution in [3.05, 3.63) is 112 Å². The van der Waals surface area contributed by atoms with Crippen molar-refractivity contribution in [1.29, 1.82) is 0 Å². The number of carbonyl (C=O) groups is 3. The van der Waals surface area contributed by atoms with Crippen molar-refractivity contribution in [2.45, 2.75) is 80.3 Å². The van der Waals surface area contributed by atoms with Gasteiger partial charge in [0.1, 0.15) is 0 Å². The predicted molar refractivity (Wildman–Crippen MR) is 203 cm³/mol. The summed E-state index contributed by atoms with van der Waals surface area (Å²) >= 11 is 0. The number of nitrogens with two attached hydrogens (primary N) is 1. The van der Waals surface area contributed by atoms with Gasteiger partial charge in [0.25, 0.3) is 5.91 Å². The zero-order chi connectivity index (χ0) is 37.7. The number of ketones is 2. The minimum Gasteiger partial charge on any atom is -0.384 e. The van der Waals surface area contributed by atoms with Crippen molar-refractivity contribution in [2.75, 3.05) is 18.4 Å². The van der Waals surface area contributed by atoms with Crippen LogP contribution in [-0.2, 0) is 25.9 Å². The van der Waals surface area contributed by atoms with E-state index >= 15 is 0 Å². The average molecular weight is 714 g/mol. The molecule has 0 saturated heterocycles. The summed E-state index contributed by atoms with van der Waals surface area (Å²) in [5.74, 6) is -0.591. The molecule has 0 atom stereocenters. The van der Waals surface area contributed by atoms with E-state index in [0.29, 0.717) is 91.4 Å². The lowest BCUT2D eigenvalue weighted by Crippen LogP contribution is -2.30. The quantitative estimate of drug-likeness (QED) is 0.168. The van der Waals surface area contributed by atoms with Crippen LogP contribution in [0.15, 0.2) is 60.9 Å². The molecule has 0 bridgehead atoms. The van der Waals surface area contributed by atoms with Gasteiger partial charge in [-0.3, -0.25) is 29.3 Å². The molecule has 53 heavy (non-hydrogen) atoms. The predicted octanol–water partition coefficient (Wildman–Crippen LogP) is 5.99. The van der Waals surface area contributed by atoms with Crippen LogP contribution in [0.1, 0.15) is 106 Å². The Morgan fingerprint density at radius 2 is 1.25 bits per heavy atom. The third-order valence-electron chi connectivity index (χ3n) is 10.2. The van der Waals surface area contributed by atoms with Gasteiger partial charge in [-0.15, -0.1) is 0 Å². The normalized spacial score (nSPS) is 16.1. The number of Topliss-reactive ketones (excluding diaryl/α,β-unsaturated/α-hetero) is 2. The zero-order valence-corrected chi connectivity index (χ0v) is 31.4. The van der Waals surface area contributed by atoms with Crippen molar-refractivity contribution in [3.8, 4) is 11.4 Å². The average Bonchev–Trinajstić information content (AvgIpc) is 3.59. The van der Waals surface area contributed by atoms with Gasteiger partial charge in [-0.05, 0) is 73.9 Å². The summed E-state index contributed by atoms with van der Waals surface area (Å²) in [7, 11) is 0. The number of amides is 1. The molecule has 1 amide bonds. The minimum absolute atomic E-state index is 0.0357. The maximum absolute atomic E-state index is 13.7. The summed E-state index contributed by atoms with van der Waals surface area (Å²) in [6.07, 6.45) is 5.61. The molecule has 2 aliphatic rings. The fourth-order valence-corrected chi connectivity index (χ4v) is 7.99. The number of pyridine rings is 2. The van der Waals surface area contributed by atoms with E-state index in [1.54, 1.807) is 21.8 Å². The number of rotatable bonds is 11. The Labute approximate surface area is 309 Å². The molecule has 2 aliphatic carbocycles. The highest BCUT2D eigenvalue weighted by Gasteiger charge is 2.39. The van der Waals surface area contributed by atoms with E-state index in [1.165, 1.54) is 0 Å². The monoisotopic (exact) mass is 713 g/mol. The molecule has 7 rings (SSSR count). The first-order valence-electron chi connectivity index (χ1n) is 18.2. The fourth-order valence-electron chi connectivity index (χ4n) is 7.99. The Bertz CT molecular complexity index is 2070. The molecule has 0 aliphatic heterocycles. The van der Waals surface area contributed by atoms with E-state index in [0.717, 1.165) is 22.8 Å². The molecule has 0 unspecified atom stereocenters. The van der Waals surface area contributed by atoms with Crippen LogP contribution in [0.2, 0.25) is 0 Å². The summed E-state index contributed by atoms with van der Waals surface area (Å²) < 4.78 is 3.45. The first-order chi connectivity index (χ1) is 25.2. The van der Waals surface area contributed by atoms with Crippen molar-refractivity contribution >= 4 is 23.2 Å². The van der Waals surface area contributed by atoms with E-state index in [2.05, 4.69) is 47.9 Å². The van der Waals surface area contributed by atoms with Crippen molar-refractivity contribution < 1.29 is 14.4 Å². The molecule has 274 valence electrons. The van der Waals surface area contributed by atoms with Crippen LogP contribution in [0.3, 0.4) is 0 Å². The van der Waals surface area contributed by atoms with Gasteiger partial charge in [0, 0.05) is 57.1 Å². The zero-order valence-electron chi connectivity index (χ0n) is 31.4. The number of hydrogen-bond acceptors (Lipinski definition) is 9. The molecule has 0 spiro atoms. The number of nitrogens with one attached hydrogen (secondary N) is 1. The number of carbonyl (C=O) groups excluding carboxylic acids is 3. The number of primary amides is 1. The maximum Gasteiger partial charge on any atom is 0.253 e. The van der Waals surface area contributed by atoms with E-state index < -0.39 is 5.91 Å². The van der Waals surface area contributed by atoms with Gasteiger partial charge in [-0.2, -0.15) is 10.2 Å². The molecule has 0 fully saturated rings. The number of fused-ring (bicyclic) bond motifs is 2. The Morgan fingerprint density at radius 1 is 0.774 bits per heavy atom. The second-order valence-corrected chi connectivity index (χ2v) is 16.1. The van der Waals surface area contributed by atoms with Crippen molar-refractivity contribution in [1.82, 2.24) is 34.4 Å². The SMILES string of the molecule is Cc1nn(-c2cc(NCCN(Cc3ccccn3)Cc3ccccn3)cc(-n3nc(C)c4c3CC(C)(C)CC4=O)c2C(N)=O)c2c1C(=O)CC(C)(C)C2. The number of anilines is 1. The minimum atomic E-state index is -0.662. The van der Waals surface area contributed by atoms with E-state index in [9.17, 15) is 14.4 Å². The van der Waals surface area contributed by atoms with E-state index in [4.69, 9.17) is 15.9 Å². The lowest BCUT2D eigenvalue weighted by molar-refractivity contribution is 0.0900. The molecule has 4 aromatic heterocycles. The van der Waals surface area contributed by atoms with Crippen LogP contribution in [0.5, 0.6) is 0 Å². The summed E-state index contributed by atoms with van der Waals surface area (Å²) in [6.45, 7) is 14.4. The Kier molecular flexibility index (Phi) is 9.35. The topological polar surface area (TPSA) is 154 Å². The van der Waals surface area contributed by atoms with Crippen LogP contribution in [0.4, 0.5) is 5.69 Å². The molecular formula is C41H47N9O3. The standard InChI is InChI=1S/C41H47N9O3/c1-25-36-32(19-40(3,4)21-34(36)51)49(46-25)30-17-29(45-15-16-48(23-27-11-7-9-13-43-27)24-28-12-8-10-14-44-28)18-31(38(30)39(42)53)50-33-20-41(5,6)22-35(52)37(33)26(2)47-50/h7-14,17-18,45H,15-16,19-24H2,1-6H3,(H2,42,53). The lowest BCUT2D eigenvalue weighted by Gasteiger charge is -2.30. The summed E-state index contributed by atoms with van der Waals surface area (Å²) in [5.41, 5.74) is 13.3. The molecule has 12 nitrogen and oxygen atoms in total. The van der Waals surface area contributed by atoms with Gasteiger partial charge < -0.3 is 11.1 Å². The smallest absolute Gasteiger partial charge is 0.253 e. The number of aromatic nitrogens is 6. The molecule has 3 N–H and O–H groups in total. The van der Waals surface area contributed by atoms with Crippen LogP contribution in [0, 0.1) is 24.7 Å². The fraction of sp³-hybridized carbons (Fsp3) is 0.390. The Hall–Kier alpha value is -5.49. The molecule has 4 heterocycles. The third kappa shape index (κ3) is 7.28. The van der Waals surface area contributed by atoms with Gasteiger partial charge in [-0.25, -0.2) is 9.36 Å². The number of benzene rings is 1. The second-order valence-electron chi connectivity index (χ2n) is 16.1. The summed E-state index contributed by atoms with van der Waals surface area (Å²) in [5, 5.41) is 13.4. The van der Waals surface area contributed by atoms with Gasteiger partial charge in [-0.1, -0.05) is 39.8 Å². The van der Waals surface area contributed by atoms with Crippen LogP contribution >= 0.6 is 0 Å². The number of aryl methyl sites for hydroxylation is 2. The van der Waals surface area contributed by atoms with E-state index in [1.807, 2.05) is 62.4 Å². The molecule has 5 aromatic rings. The molecule has 12 heteroatoms. The highest BCUT2D eigenvalue weighted by Crippen LogP contribution is 2.41. The highest BCUT2D eigenvalue weighted by molar-refractivity contribution is 6.03. The molecule has 0 radical (unpaired) electrons. The molecular weight excluding hydrogens is 667 g/mol. The molecule has 1 aromatic carbocycles. The third-order valence-corrected chi connectivity index (χ3v) is 10.2.